The van der Waals surface area contributed by atoms with Crippen LogP contribution in [0.3, 0.4) is 0 Å². The van der Waals surface area contributed by atoms with E-state index in [1.807, 2.05) is 0 Å². The van der Waals surface area contributed by atoms with E-state index in [1.54, 1.807) is 13.8 Å². The maximum absolute atomic E-state index is 9.86. The van der Waals surface area contributed by atoms with Gasteiger partial charge in [0.2, 0.25) is 0 Å². The van der Waals surface area contributed by atoms with Crippen LogP contribution >= 0.6 is 0 Å². The van der Waals surface area contributed by atoms with E-state index < -0.39 is 10.4 Å². The molecule has 0 aliphatic heterocycles. The average Bonchev–Trinajstić information content (AvgIpc) is 1.81. The Labute approximate surface area is 59.8 Å². The fourth-order valence-corrected chi connectivity index (χ4v) is 0.418. The summed E-state index contributed by atoms with van der Waals surface area (Å²) in [6, 6.07) is 0. The Balaban J connectivity index is 3.56. The first-order chi connectivity index (χ1) is 4.45. The van der Waals surface area contributed by atoms with Crippen LogP contribution in [0, 0.1) is 0 Å². The van der Waals surface area contributed by atoms with E-state index in [-0.39, 0.29) is 6.10 Å². The molecule has 0 saturated carbocycles. The monoisotopic (exact) mass is 170 g/mol. The van der Waals surface area contributed by atoms with Gasteiger partial charge < -0.3 is 0 Å². The quantitative estimate of drug-likeness (QED) is 0.378. The third kappa shape index (κ3) is 5.96. The van der Waals surface area contributed by atoms with Crippen molar-refractivity contribution < 1.29 is 22.2 Å². The normalized spacial score (nSPS) is 15.1. The van der Waals surface area contributed by atoms with Crippen molar-refractivity contribution in [3.8, 4) is 0 Å². The van der Waals surface area contributed by atoms with Gasteiger partial charge in [-0.15, -0.1) is 0 Å². The Morgan fingerprint density at radius 2 is 2.10 bits per heavy atom. The second-order valence-electron chi connectivity index (χ2n) is 1.81. The highest BCUT2D eigenvalue weighted by Crippen LogP contribution is 1.98. The van der Waals surface area contributed by atoms with Gasteiger partial charge in [0.1, 0.15) is 0 Å². The van der Waals surface area contributed by atoms with Gasteiger partial charge in [-0.1, -0.05) is 11.3 Å². The molecule has 1 atom stereocenters. The van der Waals surface area contributed by atoms with Crippen LogP contribution in [0.15, 0.2) is 0 Å². The molecule has 0 aliphatic carbocycles. The minimum atomic E-state index is -4.45. The summed E-state index contributed by atoms with van der Waals surface area (Å²) >= 11 is 0. The second kappa shape index (κ2) is 3.87. The Hall–Kier alpha value is -0.170. The van der Waals surface area contributed by atoms with Gasteiger partial charge in [0.25, 0.3) is 0 Å². The molecule has 0 radical (unpaired) electrons. The van der Waals surface area contributed by atoms with Crippen molar-refractivity contribution >= 4 is 10.4 Å². The molecule has 6 heteroatoms. The van der Waals surface area contributed by atoms with E-state index in [9.17, 15) is 8.42 Å². The van der Waals surface area contributed by atoms with Crippen LogP contribution in [0.2, 0.25) is 0 Å². The Morgan fingerprint density at radius 1 is 1.60 bits per heavy atom. The highest BCUT2D eigenvalue weighted by molar-refractivity contribution is 7.80. The van der Waals surface area contributed by atoms with Crippen molar-refractivity contribution in [1.29, 1.82) is 0 Å². The van der Waals surface area contributed by atoms with Crippen molar-refractivity contribution in [3.05, 3.63) is 0 Å². The molecule has 1 N–H and O–H groups in total. The lowest BCUT2D eigenvalue weighted by molar-refractivity contribution is -0.241. The van der Waals surface area contributed by atoms with Crippen LogP contribution in [0.1, 0.15) is 20.3 Å². The van der Waals surface area contributed by atoms with Crippen LogP contribution in [0.25, 0.3) is 0 Å². The third-order valence-corrected chi connectivity index (χ3v) is 1.11. The van der Waals surface area contributed by atoms with Crippen molar-refractivity contribution in [2.24, 2.45) is 0 Å². The molecule has 0 bridgehead atoms. The van der Waals surface area contributed by atoms with Gasteiger partial charge in [-0.25, -0.2) is 4.89 Å². The Bertz CT molecular complexity index is 172. The van der Waals surface area contributed by atoms with Gasteiger partial charge in [-0.2, -0.15) is 8.42 Å². The zero-order chi connectivity index (χ0) is 8.20. The predicted molar refractivity (Wildman–Crippen MR) is 33.5 cm³/mol. The highest BCUT2D eigenvalue weighted by Gasteiger charge is 2.08. The first-order valence-electron chi connectivity index (χ1n) is 2.78. The Morgan fingerprint density at radius 3 is 2.40 bits per heavy atom. The van der Waals surface area contributed by atoms with E-state index in [1.165, 1.54) is 0 Å². The lowest BCUT2D eigenvalue weighted by atomic mass is 10.3. The lowest BCUT2D eigenvalue weighted by Gasteiger charge is -2.04. The molecule has 1 unspecified atom stereocenters. The summed E-state index contributed by atoms with van der Waals surface area (Å²) in [7, 11) is -4.45. The van der Waals surface area contributed by atoms with Crippen LogP contribution in [0.5, 0.6) is 0 Å². The van der Waals surface area contributed by atoms with Gasteiger partial charge in [-0.3, -0.25) is 4.55 Å². The van der Waals surface area contributed by atoms with E-state index in [4.69, 9.17) is 4.55 Å². The zero-order valence-electron chi connectivity index (χ0n) is 5.77. The molecule has 0 fully saturated rings. The van der Waals surface area contributed by atoms with Crippen LogP contribution in [-0.4, -0.2) is 19.1 Å². The van der Waals surface area contributed by atoms with E-state index in [2.05, 4.69) is 9.22 Å². The van der Waals surface area contributed by atoms with Crippen LogP contribution in [-0.2, 0) is 19.6 Å². The maximum atomic E-state index is 9.86. The molecular formula is C4H10O5S. The van der Waals surface area contributed by atoms with Gasteiger partial charge in [0.15, 0.2) is 0 Å². The topological polar surface area (TPSA) is 72.8 Å². The van der Waals surface area contributed by atoms with Crippen molar-refractivity contribution in [2.45, 2.75) is 26.4 Å². The number of rotatable bonds is 4. The van der Waals surface area contributed by atoms with E-state index in [0.717, 1.165) is 0 Å². The molecule has 0 aliphatic rings. The first-order valence-corrected chi connectivity index (χ1v) is 4.14. The minimum Gasteiger partial charge on any atom is -0.262 e. The molecule has 0 aromatic rings. The largest absolute Gasteiger partial charge is 0.424 e. The van der Waals surface area contributed by atoms with Crippen LogP contribution < -0.4 is 0 Å². The molecule has 0 heterocycles. The van der Waals surface area contributed by atoms with E-state index >= 15 is 0 Å². The smallest absolute Gasteiger partial charge is 0.262 e. The number of hydrogen-bond acceptors (Lipinski definition) is 4. The lowest BCUT2D eigenvalue weighted by Crippen LogP contribution is -2.11. The fourth-order valence-electron chi connectivity index (χ4n) is 0.185. The molecule has 0 amide bonds. The summed E-state index contributed by atoms with van der Waals surface area (Å²) in [5, 5.41) is 0. The van der Waals surface area contributed by atoms with Gasteiger partial charge >= 0.3 is 10.4 Å². The molecule has 0 spiro atoms. The average molecular weight is 170 g/mol. The Kier molecular flexibility index (Phi) is 3.80. The summed E-state index contributed by atoms with van der Waals surface area (Å²) in [5.74, 6) is 0. The van der Waals surface area contributed by atoms with Gasteiger partial charge in [0.05, 0.1) is 6.10 Å². The molecule has 0 aromatic carbocycles. The zero-order valence-corrected chi connectivity index (χ0v) is 6.59. The molecular weight excluding hydrogens is 160 g/mol. The molecule has 0 aromatic heterocycles. The predicted octanol–water partition coefficient (Wildman–Crippen LogP) is 0.536. The summed E-state index contributed by atoms with van der Waals surface area (Å²) in [4.78, 5) is 4.22. The summed E-state index contributed by atoms with van der Waals surface area (Å²) in [5.41, 5.74) is 0. The highest BCUT2D eigenvalue weighted by atomic mass is 32.3. The standard InChI is InChI=1S/C4H10O5S/c1-3-4(2)8-9-10(5,6)7/h4H,3H2,1-2H3,(H,5,6,7). The van der Waals surface area contributed by atoms with Crippen molar-refractivity contribution in [2.75, 3.05) is 0 Å². The second-order valence-corrected chi connectivity index (χ2v) is 2.80. The van der Waals surface area contributed by atoms with Gasteiger partial charge in [0, 0.05) is 0 Å². The molecule has 10 heavy (non-hydrogen) atoms. The van der Waals surface area contributed by atoms with Crippen LogP contribution in [0.4, 0.5) is 0 Å². The molecule has 0 rings (SSSR count). The summed E-state index contributed by atoms with van der Waals surface area (Å²) < 4.78 is 31.3. The maximum Gasteiger partial charge on any atom is 0.424 e. The third-order valence-electron chi connectivity index (χ3n) is 0.864. The number of hydrogen-bond donors (Lipinski definition) is 1. The molecule has 5 nitrogen and oxygen atoms in total. The van der Waals surface area contributed by atoms with E-state index in [0.29, 0.717) is 6.42 Å². The summed E-state index contributed by atoms with van der Waals surface area (Å²) in [6.45, 7) is 3.41. The first kappa shape index (κ1) is 9.83. The van der Waals surface area contributed by atoms with Crippen molar-refractivity contribution in [1.82, 2.24) is 0 Å². The molecule has 0 saturated heterocycles. The fraction of sp³-hybridized carbons (Fsp3) is 1.00. The SMILES string of the molecule is CCC(C)OOS(=O)(=O)O. The van der Waals surface area contributed by atoms with Gasteiger partial charge in [-0.05, 0) is 13.3 Å². The molecule has 62 valence electrons. The summed E-state index contributed by atoms with van der Waals surface area (Å²) in [6.07, 6.45) is 0.261. The minimum absolute atomic E-state index is 0.345. The van der Waals surface area contributed by atoms with Crippen molar-refractivity contribution in [3.63, 3.8) is 0 Å².